The Morgan fingerprint density at radius 3 is 2.95 bits per heavy atom. The van der Waals surface area contributed by atoms with Crippen LogP contribution >= 0.6 is 0 Å². The summed E-state index contributed by atoms with van der Waals surface area (Å²) in [5.74, 6) is 0.0667. The Balaban J connectivity index is 1.80. The summed E-state index contributed by atoms with van der Waals surface area (Å²) < 4.78 is 18.4. The van der Waals surface area contributed by atoms with Crippen LogP contribution in [0.3, 0.4) is 0 Å². The lowest BCUT2D eigenvalue weighted by Crippen LogP contribution is -2.42. The third-order valence-electron chi connectivity index (χ3n) is 3.47. The molecule has 1 aliphatic heterocycles. The quantitative estimate of drug-likeness (QED) is 0.892. The minimum Gasteiger partial charge on any atom is -0.384 e. The number of aromatic nitrogens is 1. The highest BCUT2D eigenvalue weighted by Crippen LogP contribution is 2.17. The van der Waals surface area contributed by atoms with Gasteiger partial charge in [0, 0.05) is 32.4 Å². The lowest BCUT2D eigenvalue weighted by Gasteiger charge is -2.32. The third-order valence-corrected chi connectivity index (χ3v) is 3.47. The van der Waals surface area contributed by atoms with Crippen LogP contribution < -0.4 is 5.32 Å². The number of amides is 1. The second-order valence-corrected chi connectivity index (χ2v) is 4.88. The molecule has 1 fully saturated rings. The van der Waals surface area contributed by atoms with Crippen LogP contribution in [0.4, 0.5) is 10.2 Å². The summed E-state index contributed by atoms with van der Waals surface area (Å²) >= 11 is 0. The fourth-order valence-corrected chi connectivity index (χ4v) is 2.31. The van der Waals surface area contributed by atoms with Crippen molar-refractivity contribution in [2.75, 3.05) is 32.1 Å². The smallest absolute Gasteiger partial charge is 0.224 e. The number of nitrogens with zero attached hydrogens (tertiary/aromatic N) is 2. The van der Waals surface area contributed by atoms with Gasteiger partial charge in [0.15, 0.2) is 11.6 Å². The molecular weight excluding hydrogens is 261 g/mol. The van der Waals surface area contributed by atoms with Crippen molar-refractivity contribution in [3.05, 3.63) is 24.1 Å². The Kier molecular flexibility index (Phi) is 5.29. The second-order valence-electron chi connectivity index (χ2n) is 4.88. The van der Waals surface area contributed by atoms with Gasteiger partial charge in [-0.05, 0) is 25.0 Å². The van der Waals surface area contributed by atoms with Gasteiger partial charge in [0.25, 0.3) is 0 Å². The van der Waals surface area contributed by atoms with E-state index in [1.54, 1.807) is 19.4 Å². The van der Waals surface area contributed by atoms with Crippen LogP contribution in [-0.4, -0.2) is 48.6 Å². The highest BCUT2D eigenvalue weighted by molar-refractivity contribution is 5.76. The number of anilines is 1. The molecule has 5 nitrogen and oxygen atoms in total. The minimum absolute atomic E-state index is 0.120. The fraction of sp³-hybridized carbons (Fsp3) is 0.571. The molecule has 1 saturated heterocycles. The van der Waals surface area contributed by atoms with Crippen molar-refractivity contribution in [1.82, 2.24) is 9.88 Å². The van der Waals surface area contributed by atoms with E-state index in [9.17, 15) is 9.18 Å². The number of piperidine rings is 1. The molecule has 1 aromatic heterocycles. The van der Waals surface area contributed by atoms with Gasteiger partial charge in [0.2, 0.25) is 5.91 Å². The number of nitrogens with one attached hydrogen (secondary N) is 1. The van der Waals surface area contributed by atoms with Gasteiger partial charge in [-0.2, -0.15) is 0 Å². The first-order valence-electron chi connectivity index (χ1n) is 6.84. The zero-order valence-corrected chi connectivity index (χ0v) is 11.6. The van der Waals surface area contributed by atoms with E-state index >= 15 is 0 Å². The molecule has 1 aliphatic rings. The monoisotopic (exact) mass is 281 g/mol. The van der Waals surface area contributed by atoms with Crippen LogP contribution in [0, 0.1) is 5.82 Å². The molecule has 0 radical (unpaired) electrons. The molecule has 110 valence electrons. The normalized spacial score (nSPS) is 16.2. The summed E-state index contributed by atoms with van der Waals surface area (Å²) in [6.45, 7) is 1.83. The molecule has 0 atom stereocenters. The number of likely N-dealkylation sites (tertiary alicyclic amines) is 1. The van der Waals surface area contributed by atoms with E-state index in [0.717, 1.165) is 12.8 Å². The summed E-state index contributed by atoms with van der Waals surface area (Å²) in [4.78, 5) is 17.7. The van der Waals surface area contributed by atoms with E-state index in [-0.39, 0.29) is 23.6 Å². The van der Waals surface area contributed by atoms with Crippen molar-refractivity contribution < 1.29 is 13.9 Å². The van der Waals surface area contributed by atoms with E-state index in [0.29, 0.717) is 26.1 Å². The first kappa shape index (κ1) is 14.7. The Bertz CT molecular complexity index is 448. The van der Waals surface area contributed by atoms with Crippen molar-refractivity contribution >= 4 is 11.7 Å². The van der Waals surface area contributed by atoms with Gasteiger partial charge in [-0.25, -0.2) is 9.37 Å². The van der Waals surface area contributed by atoms with Crippen molar-refractivity contribution in [1.29, 1.82) is 0 Å². The van der Waals surface area contributed by atoms with E-state index < -0.39 is 0 Å². The molecule has 0 spiro atoms. The predicted molar refractivity (Wildman–Crippen MR) is 73.9 cm³/mol. The van der Waals surface area contributed by atoms with Gasteiger partial charge in [-0.1, -0.05) is 0 Å². The van der Waals surface area contributed by atoms with Crippen LogP contribution in [0.1, 0.15) is 19.3 Å². The number of hydrogen-bond acceptors (Lipinski definition) is 4. The molecule has 0 aromatic carbocycles. The Morgan fingerprint density at radius 2 is 2.30 bits per heavy atom. The van der Waals surface area contributed by atoms with Crippen LogP contribution in [0.2, 0.25) is 0 Å². The average molecular weight is 281 g/mol. The molecule has 20 heavy (non-hydrogen) atoms. The summed E-state index contributed by atoms with van der Waals surface area (Å²) in [6.07, 6.45) is 3.59. The molecule has 0 bridgehead atoms. The summed E-state index contributed by atoms with van der Waals surface area (Å²) in [7, 11) is 1.59. The zero-order valence-electron chi connectivity index (χ0n) is 11.6. The van der Waals surface area contributed by atoms with E-state index in [4.69, 9.17) is 4.74 Å². The molecule has 0 unspecified atom stereocenters. The van der Waals surface area contributed by atoms with E-state index in [1.807, 2.05) is 4.90 Å². The van der Waals surface area contributed by atoms with Crippen LogP contribution in [0.15, 0.2) is 18.3 Å². The van der Waals surface area contributed by atoms with Crippen molar-refractivity contribution in [2.24, 2.45) is 0 Å². The highest BCUT2D eigenvalue weighted by atomic mass is 19.1. The topological polar surface area (TPSA) is 54.5 Å². The first-order valence-corrected chi connectivity index (χ1v) is 6.84. The van der Waals surface area contributed by atoms with Crippen LogP contribution in [0.25, 0.3) is 0 Å². The summed E-state index contributed by atoms with van der Waals surface area (Å²) in [6, 6.07) is 3.11. The zero-order chi connectivity index (χ0) is 14.4. The molecule has 2 rings (SSSR count). The van der Waals surface area contributed by atoms with Crippen molar-refractivity contribution in [3.8, 4) is 0 Å². The minimum atomic E-state index is -0.342. The second kappa shape index (κ2) is 7.19. The maximum absolute atomic E-state index is 13.5. The largest absolute Gasteiger partial charge is 0.384 e. The highest BCUT2D eigenvalue weighted by Gasteiger charge is 2.23. The van der Waals surface area contributed by atoms with Crippen molar-refractivity contribution in [2.45, 2.75) is 25.3 Å². The standard InChI is InChI=1S/C14H20FN3O2/c1-20-10-6-13(19)18-8-4-11(5-9-18)17-14-12(15)3-2-7-16-14/h2-3,7,11H,4-6,8-10H2,1H3,(H,16,17). The van der Waals surface area contributed by atoms with Gasteiger partial charge in [0.05, 0.1) is 13.0 Å². The molecule has 2 heterocycles. The van der Waals surface area contributed by atoms with Gasteiger partial charge < -0.3 is 15.0 Å². The number of rotatable bonds is 5. The Labute approximate surface area is 118 Å². The lowest BCUT2D eigenvalue weighted by atomic mass is 10.0. The molecule has 1 N–H and O–H groups in total. The maximum atomic E-state index is 13.5. The number of carbonyl (C=O) groups is 1. The van der Waals surface area contributed by atoms with Gasteiger partial charge in [-0.15, -0.1) is 0 Å². The number of pyridine rings is 1. The van der Waals surface area contributed by atoms with Crippen LogP contribution in [-0.2, 0) is 9.53 Å². The summed E-state index contributed by atoms with van der Waals surface area (Å²) in [5, 5.41) is 3.10. The molecule has 0 saturated carbocycles. The van der Waals surface area contributed by atoms with Gasteiger partial charge in [0.1, 0.15) is 0 Å². The molecule has 1 aromatic rings. The molecule has 0 aliphatic carbocycles. The molecular formula is C14H20FN3O2. The number of halogens is 1. The van der Waals surface area contributed by atoms with E-state index in [2.05, 4.69) is 10.3 Å². The third kappa shape index (κ3) is 3.90. The lowest BCUT2D eigenvalue weighted by molar-refractivity contribution is -0.133. The molecule has 6 heteroatoms. The van der Waals surface area contributed by atoms with Crippen LogP contribution in [0.5, 0.6) is 0 Å². The fourth-order valence-electron chi connectivity index (χ4n) is 2.31. The average Bonchev–Trinajstić information content (AvgIpc) is 2.48. The predicted octanol–water partition coefficient (Wildman–Crippen LogP) is 1.66. The Hall–Kier alpha value is -1.69. The van der Waals surface area contributed by atoms with Crippen molar-refractivity contribution in [3.63, 3.8) is 0 Å². The number of carbonyl (C=O) groups excluding carboxylic acids is 1. The number of methoxy groups -OCH3 is 1. The maximum Gasteiger partial charge on any atom is 0.224 e. The SMILES string of the molecule is COCCC(=O)N1CCC(Nc2ncccc2F)CC1. The Morgan fingerprint density at radius 1 is 1.55 bits per heavy atom. The summed E-state index contributed by atoms with van der Waals surface area (Å²) in [5.41, 5.74) is 0. The molecule has 1 amide bonds. The van der Waals surface area contributed by atoms with E-state index in [1.165, 1.54) is 6.07 Å². The van der Waals surface area contributed by atoms with Gasteiger partial charge in [-0.3, -0.25) is 4.79 Å². The number of hydrogen-bond donors (Lipinski definition) is 1. The first-order chi connectivity index (χ1) is 9.70. The van der Waals surface area contributed by atoms with Gasteiger partial charge >= 0.3 is 0 Å². The number of ether oxygens (including phenoxy) is 1.